The first-order chi connectivity index (χ1) is 20.6. The topological polar surface area (TPSA) is 44.3 Å². The molecular formula is C33H87ClIr2N2OP4+4. The summed E-state index contributed by atoms with van der Waals surface area (Å²) in [5, 5.41) is 14.5. The van der Waals surface area contributed by atoms with E-state index in [9.17, 15) is 0 Å². The van der Waals surface area contributed by atoms with Crippen LogP contribution in [-0.2, 0) is 38.0 Å². The van der Waals surface area contributed by atoms with E-state index in [0.717, 1.165) is 7.11 Å². The van der Waals surface area contributed by atoms with Crippen LogP contribution in [0.1, 0.15) is 107 Å². The van der Waals surface area contributed by atoms with Crippen LogP contribution in [0.3, 0.4) is 0 Å². The van der Waals surface area contributed by atoms with Gasteiger partial charge in [-0.25, -0.2) is 0 Å². The van der Waals surface area contributed by atoms with Gasteiger partial charge in [0.2, 0.25) is 0 Å². The van der Waals surface area contributed by atoms with Crippen LogP contribution < -0.4 is 10.6 Å². The van der Waals surface area contributed by atoms with Gasteiger partial charge in [0.15, 0.2) is 0 Å². The average Bonchev–Trinajstić information content (AvgIpc) is 3.00. The molecule has 0 aromatic carbocycles. The van der Waals surface area contributed by atoms with Crippen LogP contribution in [0.2, 0.25) is 0 Å². The van der Waals surface area contributed by atoms with Crippen molar-refractivity contribution in [3.05, 3.63) is 0 Å². The summed E-state index contributed by atoms with van der Waals surface area (Å²) >= 11 is 1.19. The molecule has 0 rings (SSSR count). The summed E-state index contributed by atoms with van der Waals surface area (Å²) in [6.45, 7) is 23.9. The molecular weight excluding hydrogens is 984 g/mol. The first-order valence-electron chi connectivity index (χ1n) is 17.9. The van der Waals surface area contributed by atoms with E-state index in [2.05, 4.69) is 66.0 Å². The fourth-order valence-electron chi connectivity index (χ4n) is 5.64. The second-order valence-electron chi connectivity index (χ2n) is 11.5. The zero-order valence-corrected chi connectivity index (χ0v) is 41.0. The van der Waals surface area contributed by atoms with Gasteiger partial charge < -0.3 is 15.7 Å². The van der Waals surface area contributed by atoms with E-state index in [4.69, 9.17) is 14.7 Å². The fraction of sp³-hybridized carbons (Fsp3) is 1.00. The van der Waals surface area contributed by atoms with Crippen LogP contribution in [-0.4, -0.2) is 112 Å². The maximum absolute atomic E-state index is 7.00. The Kier molecular flexibility index (Phi) is 67.2. The van der Waals surface area contributed by atoms with Crippen LogP contribution in [0.25, 0.3) is 0 Å². The van der Waals surface area contributed by atoms with Gasteiger partial charge in [0.1, 0.15) is 0 Å². The Balaban J connectivity index is -0.000000196. The molecule has 276 valence electrons. The normalized spacial score (nSPS) is 10.6. The molecule has 3 N–H and O–H groups in total. The van der Waals surface area contributed by atoms with E-state index in [1.54, 1.807) is 0 Å². The summed E-state index contributed by atoms with van der Waals surface area (Å²) in [5.41, 5.74) is 0. The van der Waals surface area contributed by atoms with E-state index >= 15 is 0 Å². The Morgan fingerprint density at radius 2 is 0.512 bits per heavy atom. The molecule has 3 nitrogen and oxygen atoms in total. The molecule has 0 aliphatic heterocycles. The Morgan fingerprint density at radius 1 is 0.372 bits per heavy atom. The van der Waals surface area contributed by atoms with Gasteiger partial charge in [-0.3, -0.25) is 0 Å². The third-order valence-electron chi connectivity index (χ3n) is 7.45. The summed E-state index contributed by atoms with van der Waals surface area (Å²) < 4.78 is 0. The molecule has 0 aromatic heterocycles. The van der Waals surface area contributed by atoms with Crippen molar-refractivity contribution in [1.29, 1.82) is 0 Å². The van der Waals surface area contributed by atoms with Crippen LogP contribution in [0, 0.1) is 0 Å². The number of aliphatic hydroxyl groups excluding tert-OH is 1. The Hall–Kier alpha value is 3.19. The van der Waals surface area contributed by atoms with Crippen LogP contribution in [0.15, 0.2) is 0 Å². The Morgan fingerprint density at radius 3 is 0.628 bits per heavy atom. The first-order valence-corrected chi connectivity index (χ1v) is 29.8. The standard InChI is InChI=1S/2C16H37NP2.CH4O.ClH.2Ir.5H/c2*1-5-11-18(12-6-2)15-9-17-10-16-19(13-7-3)14-8-4;1-2;;;;;;;;/h2*17H,5-16H2,1-4H3;2H,1H3;1H;;;;;;;/q;;;;;+1;;;;;/p+3. The summed E-state index contributed by atoms with van der Waals surface area (Å²) in [6, 6.07) is 0. The molecule has 0 saturated heterocycles. The molecule has 0 bridgehead atoms. The molecule has 10 heteroatoms. The van der Waals surface area contributed by atoms with Crippen LogP contribution >= 0.6 is 41.3 Å². The van der Waals surface area contributed by atoms with Gasteiger partial charge in [-0.15, -0.1) is 0 Å². The van der Waals surface area contributed by atoms with Crippen molar-refractivity contribution in [3.8, 4) is 0 Å². The second-order valence-corrected chi connectivity index (χ2v) is 23.5. The summed E-state index contributed by atoms with van der Waals surface area (Å²) in [4.78, 5) is 0. The molecule has 0 unspecified atom stereocenters. The van der Waals surface area contributed by atoms with E-state index in [0.29, 0.717) is 0 Å². The van der Waals surface area contributed by atoms with Crippen molar-refractivity contribution >= 4 is 41.3 Å². The number of hydrogen-bond acceptors (Lipinski definition) is 3. The Labute approximate surface area is 306 Å². The van der Waals surface area contributed by atoms with Crippen LogP contribution in [0.4, 0.5) is 0 Å². The number of nitrogens with one attached hydrogen (secondary N) is 2. The molecule has 43 heavy (non-hydrogen) atoms. The van der Waals surface area contributed by atoms with Crippen molar-refractivity contribution in [2.45, 2.75) is 107 Å². The minimum absolute atomic E-state index is 0. The quantitative estimate of drug-likeness (QED) is 0.0547. The second kappa shape index (κ2) is 52.0. The maximum atomic E-state index is 7.00. The molecule has 0 saturated carbocycles. The molecule has 0 fully saturated rings. The summed E-state index contributed by atoms with van der Waals surface area (Å²) in [6.07, 6.45) is 29.4. The Bertz CT molecular complexity index is 356. The van der Waals surface area contributed by atoms with Gasteiger partial charge in [0.05, 0.1) is 73.9 Å². The molecule has 0 aliphatic rings. The van der Waals surface area contributed by atoms with Crippen LogP contribution in [0.5, 0.6) is 0 Å². The first kappa shape index (κ1) is 55.6. The predicted octanol–water partition coefficient (Wildman–Crippen LogP) is 8.24. The van der Waals surface area contributed by atoms with Crippen molar-refractivity contribution in [2.75, 3.05) is 107 Å². The van der Waals surface area contributed by atoms with Gasteiger partial charge in [-0.2, -0.15) is 0 Å². The molecule has 0 spiro atoms. The van der Waals surface area contributed by atoms with E-state index in [1.807, 2.05) is 0 Å². The fourth-order valence-corrected chi connectivity index (χ4v) is 16.4. The van der Waals surface area contributed by atoms with E-state index in [1.165, 1.54) is 169 Å². The zero-order chi connectivity index (χ0) is 32.7. The van der Waals surface area contributed by atoms with Gasteiger partial charge >= 0.3 is 47.6 Å². The molecule has 0 aliphatic carbocycles. The van der Waals surface area contributed by atoms with E-state index < -0.39 is 0 Å². The van der Waals surface area contributed by atoms with Crippen molar-refractivity contribution in [2.24, 2.45) is 0 Å². The molecule has 0 heterocycles. The SMILES string of the molecule is CCC[PH+](CCC)CCNCC[PH+](CCC)CCC.CCC[PH+](CCC)CCNCC[PH+](CCC)CCC.CO.[Cl][IrH2].[IrH3]. The molecule has 0 atom stereocenters. The zero-order valence-electron chi connectivity index (χ0n) is 30.6. The van der Waals surface area contributed by atoms with E-state index in [-0.39, 0.29) is 51.8 Å². The number of halogens is 1. The monoisotopic (exact) mass is 1070 g/mol. The van der Waals surface area contributed by atoms with Crippen molar-refractivity contribution < 1.29 is 43.1 Å². The van der Waals surface area contributed by atoms with Gasteiger partial charge in [0.25, 0.3) is 0 Å². The third-order valence-corrected chi connectivity index (χ3v) is 20.9. The van der Waals surface area contributed by atoms with Gasteiger partial charge in [0, 0.05) is 65.0 Å². The minimum atomic E-state index is -0.0211. The number of rotatable bonds is 28. The van der Waals surface area contributed by atoms with Crippen molar-refractivity contribution in [1.82, 2.24) is 10.6 Å². The van der Waals surface area contributed by atoms with Gasteiger partial charge in [-0.1, -0.05) is 55.4 Å². The molecule has 0 amide bonds. The number of hydrogen-bond donors (Lipinski definition) is 3. The summed E-state index contributed by atoms with van der Waals surface area (Å²) in [7, 11) is 5.61. The van der Waals surface area contributed by atoms with Gasteiger partial charge in [-0.05, 0) is 51.4 Å². The average molecular weight is 1070 g/mol. The summed E-state index contributed by atoms with van der Waals surface area (Å²) in [5.74, 6) is 0. The third kappa shape index (κ3) is 45.2. The predicted molar refractivity (Wildman–Crippen MR) is 221 cm³/mol. The molecule has 0 aromatic rings. The molecule has 1 radical (unpaired) electrons. The van der Waals surface area contributed by atoms with Crippen molar-refractivity contribution in [3.63, 3.8) is 0 Å². The number of aliphatic hydroxyl groups is 1.